The normalized spacial score (nSPS) is 17.6. The minimum absolute atomic E-state index is 0.0425. The number of nitrogens with zero attached hydrogens (tertiary/aromatic N) is 1. The zero-order chi connectivity index (χ0) is 14.7. The molecule has 0 spiro atoms. The predicted octanol–water partition coefficient (Wildman–Crippen LogP) is 0.185. The lowest BCUT2D eigenvalue weighted by molar-refractivity contribution is -0.383. The number of nitrogens with one attached hydrogen (secondary N) is 2. The molecule has 1 aliphatic heterocycles. The SMILES string of the molecule is Nc1c(C(=O)NCC2CCC(=O)N2)cccc1[N+](=O)[O-]. The first-order chi connectivity index (χ1) is 9.49. The second-order valence-electron chi connectivity index (χ2n) is 4.51. The van der Waals surface area contributed by atoms with Crippen molar-refractivity contribution in [2.24, 2.45) is 0 Å². The third kappa shape index (κ3) is 2.85. The highest BCUT2D eigenvalue weighted by molar-refractivity contribution is 6.01. The van der Waals surface area contributed by atoms with Crippen LogP contribution in [-0.2, 0) is 4.79 Å². The summed E-state index contributed by atoms with van der Waals surface area (Å²) >= 11 is 0. The molecule has 0 saturated carbocycles. The van der Waals surface area contributed by atoms with Crippen LogP contribution >= 0.6 is 0 Å². The van der Waals surface area contributed by atoms with Crippen LogP contribution in [-0.4, -0.2) is 29.3 Å². The average molecular weight is 278 g/mol. The first-order valence-electron chi connectivity index (χ1n) is 6.09. The van der Waals surface area contributed by atoms with E-state index in [1.165, 1.54) is 18.2 Å². The Morgan fingerprint density at radius 2 is 2.30 bits per heavy atom. The van der Waals surface area contributed by atoms with E-state index in [9.17, 15) is 19.7 Å². The number of nitrogens with two attached hydrogens (primary N) is 1. The molecule has 106 valence electrons. The molecule has 1 aromatic rings. The second kappa shape index (κ2) is 5.55. The number of hydrogen-bond acceptors (Lipinski definition) is 5. The molecule has 0 bridgehead atoms. The van der Waals surface area contributed by atoms with Crippen LogP contribution < -0.4 is 16.4 Å². The molecule has 1 unspecified atom stereocenters. The lowest BCUT2D eigenvalue weighted by Gasteiger charge is -2.12. The first kappa shape index (κ1) is 13.8. The summed E-state index contributed by atoms with van der Waals surface area (Å²) in [5.74, 6) is -0.536. The topological polar surface area (TPSA) is 127 Å². The van der Waals surface area contributed by atoms with Gasteiger partial charge in [-0.1, -0.05) is 6.07 Å². The van der Waals surface area contributed by atoms with Crippen LogP contribution in [0.5, 0.6) is 0 Å². The molecule has 2 amide bonds. The number of amides is 2. The molecule has 0 radical (unpaired) electrons. The molecule has 20 heavy (non-hydrogen) atoms. The van der Waals surface area contributed by atoms with E-state index < -0.39 is 10.8 Å². The van der Waals surface area contributed by atoms with Crippen molar-refractivity contribution in [2.45, 2.75) is 18.9 Å². The molecule has 1 atom stereocenters. The number of anilines is 1. The van der Waals surface area contributed by atoms with Crippen LogP contribution in [0.2, 0.25) is 0 Å². The van der Waals surface area contributed by atoms with Gasteiger partial charge in [0.2, 0.25) is 5.91 Å². The molecule has 8 nitrogen and oxygen atoms in total. The van der Waals surface area contributed by atoms with E-state index in [0.717, 1.165) is 0 Å². The van der Waals surface area contributed by atoms with Gasteiger partial charge in [0.15, 0.2) is 0 Å². The Kier molecular flexibility index (Phi) is 3.83. The number of hydrogen-bond donors (Lipinski definition) is 3. The largest absolute Gasteiger partial charge is 0.393 e. The van der Waals surface area contributed by atoms with E-state index in [2.05, 4.69) is 10.6 Å². The van der Waals surface area contributed by atoms with E-state index in [0.29, 0.717) is 12.8 Å². The summed E-state index contributed by atoms with van der Waals surface area (Å²) in [5.41, 5.74) is 5.22. The third-order valence-electron chi connectivity index (χ3n) is 3.12. The summed E-state index contributed by atoms with van der Waals surface area (Å²) in [5, 5.41) is 16.1. The van der Waals surface area contributed by atoms with Crippen LogP contribution in [0, 0.1) is 10.1 Å². The smallest absolute Gasteiger partial charge is 0.292 e. The summed E-state index contributed by atoms with van der Waals surface area (Å²) in [6, 6.07) is 3.96. The minimum atomic E-state index is -0.636. The minimum Gasteiger partial charge on any atom is -0.393 e. The molecule has 1 saturated heterocycles. The van der Waals surface area contributed by atoms with Crippen molar-refractivity contribution in [3.8, 4) is 0 Å². The summed E-state index contributed by atoms with van der Waals surface area (Å²) in [6.07, 6.45) is 1.10. The van der Waals surface area contributed by atoms with Gasteiger partial charge in [0.25, 0.3) is 11.6 Å². The quantitative estimate of drug-likeness (QED) is 0.411. The van der Waals surface area contributed by atoms with Gasteiger partial charge in [-0.3, -0.25) is 19.7 Å². The van der Waals surface area contributed by atoms with Crippen LogP contribution in [0.1, 0.15) is 23.2 Å². The second-order valence-corrected chi connectivity index (χ2v) is 4.51. The van der Waals surface area contributed by atoms with E-state index in [1.54, 1.807) is 0 Å². The first-order valence-corrected chi connectivity index (χ1v) is 6.09. The number of rotatable bonds is 4. The van der Waals surface area contributed by atoms with Crippen molar-refractivity contribution in [1.82, 2.24) is 10.6 Å². The average Bonchev–Trinajstić information content (AvgIpc) is 2.81. The molecule has 2 rings (SSSR count). The maximum atomic E-state index is 12.0. The highest BCUT2D eigenvalue weighted by Gasteiger charge is 2.23. The molecule has 4 N–H and O–H groups in total. The zero-order valence-electron chi connectivity index (χ0n) is 10.6. The van der Waals surface area contributed by atoms with Crippen LogP contribution in [0.15, 0.2) is 18.2 Å². The lowest BCUT2D eigenvalue weighted by atomic mass is 10.1. The molecular formula is C12H14N4O4. The lowest BCUT2D eigenvalue weighted by Crippen LogP contribution is -2.38. The van der Waals surface area contributed by atoms with Crippen molar-refractivity contribution in [2.75, 3.05) is 12.3 Å². The van der Waals surface area contributed by atoms with Crippen molar-refractivity contribution in [3.63, 3.8) is 0 Å². The zero-order valence-corrected chi connectivity index (χ0v) is 10.6. The van der Waals surface area contributed by atoms with Crippen molar-refractivity contribution in [3.05, 3.63) is 33.9 Å². The predicted molar refractivity (Wildman–Crippen MR) is 71.0 cm³/mol. The van der Waals surface area contributed by atoms with Gasteiger partial charge in [0.1, 0.15) is 5.69 Å². The number of carbonyl (C=O) groups excluding carboxylic acids is 2. The Labute approximate surface area is 114 Å². The van der Waals surface area contributed by atoms with Gasteiger partial charge >= 0.3 is 0 Å². The van der Waals surface area contributed by atoms with E-state index in [1.807, 2.05) is 0 Å². The summed E-state index contributed by atoms with van der Waals surface area (Å²) in [6.45, 7) is 0.271. The molecule has 1 aromatic carbocycles. The van der Waals surface area contributed by atoms with Crippen molar-refractivity contribution in [1.29, 1.82) is 0 Å². The van der Waals surface area contributed by atoms with E-state index >= 15 is 0 Å². The summed E-state index contributed by atoms with van der Waals surface area (Å²) in [7, 11) is 0. The van der Waals surface area contributed by atoms with Crippen LogP contribution in [0.25, 0.3) is 0 Å². The Balaban J connectivity index is 2.04. The summed E-state index contributed by atoms with van der Waals surface area (Å²) < 4.78 is 0. The van der Waals surface area contributed by atoms with Gasteiger partial charge in [-0.25, -0.2) is 0 Å². The molecular weight excluding hydrogens is 264 g/mol. The van der Waals surface area contributed by atoms with Crippen LogP contribution in [0.3, 0.4) is 0 Å². The molecule has 0 aromatic heterocycles. The fourth-order valence-electron chi connectivity index (χ4n) is 2.05. The van der Waals surface area contributed by atoms with Gasteiger partial charge < -0.3 is 16.4 Å². The van der Waals surface area contributed by atoms with Gasteiger partial charge in [0, 0.05) is 25.1 Å². The van der Waals surface area contributed by atoms with Crippen molar-refractivity contribution >= 4 is 23.2 Å². The van der Waals surface area contributed by atoms with Gasteiger partial charge in [-0.2, -0.15) is 0 Å². The van der Waals surface area contributed by atoms with Gasteiger partial charge in [-0.15, -0.1) is 0 Å². The molecule has 1 aliphatic rings. The van der Waals surface area contributed by atoms with E-state index in [-0.39, 0.29) is 35.4 Å². The number of nitrogen functional groups attached to an aromatic ring is 1. The molecule has 0 aliphatic carbocycles. The summed E-state index contributed by atoms with van der Waals surface area (Å²) in [4.78, 5) is 33.1. The maximum absolute atomic E-state index is 12.0. The molecule has 8 heteroatoms. The maximum Gasteiger partial charge on any atom is 0.292 e. The number of nitro benzene ring substituents is 1. The Hall–Kier alpha value is -2.64. The fraction of sp³-hybridized carbons (Fsp3) is 0.333. The van der Waals surface area contributed by atoms with Gasteiger partial charge in [-0.05, 0) is 12.5 Å². The highest BCUT2D eigenvalue weighted by Crippen LogP contribution is 2.24. The highest BCUT2D eigenvalue weighted by atomic mass is 16.6. The Morgan fingerprint density at radius 3 is 2.90 bits per heavy atom. The number of nitro groups is 1. The third-order valence-corrected chi connectivity index (χ3v) is 3.12. The number of carbonyl (C=O) groups is 2. The number of benzene rings is 1. The molecule has 1 fully saturated rings. The Bertz CT molecular complexity index is 573. The fourth-order valence-corrected chi connectivity index (χ4v) is 2.05. The van der Waals surface area contributed by atoms with Gasteiger partial charge in [0.05, 0.1) is 10.5 Å². The van der Waals surface area contributed by atoms with E-state index in [4.69, 9.17) is 5.73 Å². The van der Waals surface area contributed by atoms with Crippen molar-refractivity contribution < 1.29 is 14.5 Å². The monoisotopic (exact) mass is 278 g/mol. The Morgan fingerprint density at radius 1 is 1.55 bits per heavy atom. The van der Waals surface area contributed by atoms with Crippen LogP contribution in [0.4, 0.5) is 11.4 Å². The molecule has 1 heterocycles. The standard InChI is InChI=1S/C12H14N4O4/c13-11-8(2-1-3-9(11)16(19)20)12(18)14-6-7-4-5-10(17)15-7/h1-3,7H,4-6,13H2,(H,14,18)(H,15,17). The number of para-hydroxylation sites is 1.